The van der Waals surface area contributed by atoms with E-state index in [1.165, 1.54) is 0 Å². The van der Waals surface area contributed by atoms with E-state index in [0.717, 1.165) is 11.3 Å². The molecule has 0 spiro atoms. The predicted molar refractivity (Wildman–Crippen MR) is 86.1 cm³/mol. The summed E-state index contributed by atoms with van der Waals surface area (Å²) in [5.41, 5.74) is 1.30. The predicted octanol–water partition coefficient (Wildman–Crippen LogP) is 2.26. The molecule has 23 heavy (non-hydrogen) atoms. The molecule has 0 bridgehead atoms. The largest absolute Gasteiger partial charge is 0.497 e. The minimum atomic E-state index is -1.01. The average molecular weight is 316 g/mol. The van der Waals surface area contributed by atoms with E-state index in [2.05, 4.69) is 9.97 Å². The summed E-state index contributed by atoms with van der Waals surface area (Å²) in [5.74, 6) is -0.567. The highest BCUT2D eigenvalue weighted by molar-refractivity contribution is 5.76. The fourth-order valence-corrected chi connectivity index (χ4v) is 2.59. The van der Waals surface area contributed by atoms with E-state index in [9.17, 15) is 14.7 Å². The number of aliphatic carboxylic acids is 1. The van der Waals surface area contributed by atoms with Gasteiger partial charge in [0.1, 0.15) is 11.6 Å². The van der Waals surface area contributed by atoms with Crippen molar-refractivity contribution in [3.63, 3.8) is 0 Å². The molecule has 0 unspecified atom stereocenters. The standard InChI is InChI=1S/C17H20N2O4/c1-4-13(17(21)22)15-10(2)18-14(19-16(15)20)9-11-5-7-12(23-3)8-6-11/h5-8,13H,4,9H2,1-3H3,(H,21,22)(H,18,19,20)/t13-/m0/s1. The third-order valence-corrected chi connectivity index (χ3v) is 3.78. The Labute approximate surface area is 134 Å². The first-order chi connectivity index (χ1) is 11.0. The monoisotopic (exact) mass is 316 g/mol. The van der Waals surface area contributed by atoms with E-state index in [1.807, 2.05) is 24.3 Å². The molecule has 0 aliphatic carbocycles. The number of hydrogen-bond acceptors (Lipinski definition) is 4. The van der Waals surface area contributed by atoms with Gasteiger partial charge in [-0.25, -0.2) is 4.98 Å². The summed E-state index contributed by atoms with van der Waals surface area (Å²) in [6.07, 6.45) is 0.809. The van der Waals surface area contributed by atoms with Crippen molar-refractivity contribution >= 4 is 5.97 Å². The molecule has 0 aliphatic heterocycles. The Kier molecular flexibility index (Phi) is 5.16. The number of methoxy groups -OCH3 is 1. The molecule has 6 nitrogen and oxygen atoms in total. The molecule has 0 fully saturated rings. The minimum absolute atomic E-state index is 0.235. The van der Waals surface area contributed by atoms with Gasteiger partial charge in [-0.1, -0.05) is 19.1 Å². The second-order valence-corrected chi connectivity index (χ2v) is 5.34. The molecule has 2 N–H and O–H groups in total. The topological polar surface area (TPSA) is 92.3 Å². The van der Waals surface area contributed by atoms with Gasteiger partial charge in [-0.05, 0) is 31.0 Å². The number of ether oxygens (including phenoxy) is 1. The molecule has 0 aliphatic rings. The zero-order valence-electron chi connectivity index (χ0n) is 13.4. The van der Waals surface area contributed by atoms with Crippen LogP contribution < -0.4 is 10.3 Å². The van der Waals surface area contributed by atoms with Gasteiger partial charge in [0, 0.05) is 12.1 Å². The van der Waals surface area contributed by atoms with Crippen LogP contribution in [0.1, 0.15) is 41.9 Å². The molecule has 1 aromatic heterocycles. The third-order valence-electron chi connectivity index (χ3n) is 3.78. The zero-order chi connectivity index (χ0) is 17.0. The normalized spacial score (nSPS) is 12.0. The number of aryl methyl sites for hydroxylation is 1. The SMILES string of the molecule is CC[C@H](C(=O)O)c1c(C)nc(Cc2ccc(OC)cc2)[nH]c1=O. The lowest BCUT2D eigenvalue weighted by molar-refractivity contribution is -0.138. The average Bonchev–Trinajstić information content (AvgIpc) is 2.51. The highest BCUT2D eigenvalue weighted by atomic mass is 16.5. The summed E-state index contributed by atoms with van der Waals surface area (Å²) >= 11 is 0. The summed E-state index contributed by atoms with van der Waals surface area (Å²) < 4.78 is 5.11. The first-order valence-electron chi connectivity index (χ1n) is 7.41. The number of carbonyl (C=O) groups is 1. The molecular formula is C17H20N2O4. The van der Waals surface area contributed by atoms with E-state index in [-0.39, 0.29) is 11.1 Å². The van der Waals surface area contributed by atoms with E-state index in [4.69, 9.17) is 4.74 Å². The van der Waals surface area contributed by atoms with Crippen molar-refractivity contribution < 1.29 is 14.6 Å². The van der Waals surface area contributed by atoms with Crippen LogP contribution in [-0.4, -0.2) is 28.2 Å². The summed E-state index contributed by atoms with van der Waals surface area (Å²) in [6, 6.07) is 7.47. The summed E-state index contributed by atoms with van der Waals surface area (Å²) in [7, 11) is 1.60. The van der Waals surface area contributed by atoms with Crippen molar-refractivity contribution in [1.29, 1.82) is 0 Å². The first kappa shape index (κ1) is 16.7. The van der Waals surface area contributed by atoms with Gasteiger partial charge in [-0.2, -0.15) is 0 Å². The Bertz CT molecular complexity index is 750. The molecule has 0 amide bonds. The van der Waals surface area contributed by atoms with Gasteiger partial charge in [0.25, 0.3) is 5.56 Å². The Balaban J connectivity index is 2.31. The van der Waals surface area contributed by atoms with Crippen molar-refractivity contribution in [3.05, 3.63) is 57.3 Å². The van der Waals surface area contributed by atoms with Crippen molar-refractivity contribution in [2.75, 3.05) is 7.11 Å². The Morgan fingerprint density at radius 2 is 2.00 bits per heavy atom. The Morgan fingerprint density at radius 1 is 1.35 bits per heavy atom. The van der Waals surface area contributed by atoms with Gasteiger partial charge in [0.05, 0.1) is 18.6 Å². The molecule has 122 valence electrons. The number of carboxylic acid groups (broad SMARTS) is 1. The van der Waals surface area contributed by atoms with Crippen molar-refractivity contribution in [2.24, 2.45) is 0 Å². The minimum Gasteiger partial charge on any atom is -0.497 e. The van der Waals surface area contributed by atoms with Crippen LogP contribution in [0.2, 0.25) is 0 Å². The highest BCUT2D eigenvalue weighted by Crippen LogP contribution is 2.19. The zero-order valence-corrected chi connectivity index (χ0v) is 13.4. The smallest absolute Gasteiger partial charge is 0.311 e. The van der Waals surface area contributed by atoms with E-state index in [1.54, 1.807) is 21.0 Å². The number of benzene rings is 1. The molecule has 0 saturated carbocycles. The Morgan fingerprint density at radius 3 is 2.48 bits per heavy atom. The van der Waals surface area contributed by atoms with E-state index >= 15 is 0 Å². The van der Waals surface area contributed by atoms with Crippen LogP contribution in [0.15, 0.2) is 29.1 Å². The molecule has 2 rings (SSSR count). The molecule has 0 radical (unpaired) electrons. The number of rotatable bonds is 6. The fourth-order valence-electron chi connectivity index (χ4n) is 2.59. The number of aromatic nitrogens is 2. The maximum Gasteiger partial charge on any atom is 0.311 e. The van der Waals surface area contributed by atoms with Gasteiger partial charge in [0.2, 0.25) is 0 Å². The summed E-state index contributed by atoms with van der Waals surface area (Å²) in [6.45, 7) is 3.41. The quantitative estimate of drug-likeness (QED) is 0.853. The number of carboxylic acids is 1. The lowest BCUT2D eigenvalue weighted by Crippen LogP contribution is -2.25. The summed E-state index contributed by atoms with van der Waals surface area (Å²) in [5, 5.41) is 9.24. The molecule has 1 aromatic carbocycles. The van der Waals surface area contributed by atoms with Crippen LogP contribution in [0, 0.1) is 6.92 Å². The number of nitrogens with one attached hydrogen (secondary N) is 1. The van der Waals surface area contributed by atoms with Crippen LogP contribution in [0.5, 0.6) is 5.75 Å². The van der Waals surface area contributed by atoms with Crippen LogP contribution in [-0.2, 0) is 11.2 Å². The second kappa shape index (κ2) is 7.09. The highest BCUT2D eigenvalue weighted by Gasteiger charge is 2.24. The van der Waals surface area contributed by atoms with E-state index < -0.39 is 11.9 Å². The van der Waals surface area contributed by atoms with Crippen molar-refractivity contribution in [3.8, 4) is 5.75 Å². The number of hydrogen-bond donors (Lipinski definition) is 2. The molecule has 1 heterocycles. The fraction of sp³-hybridized carbons (Fsp3) is 0.353. The van der Waals surface area contributed by atoms with Crippen LogP contribution in [0.3, 0.4) is 0 Å². The van der Waals surface area contributed by atoms with Crippen LogP contribution in [0.4, 0.5) is 0 Å². The molecule has 0 saturated heterocycles. The van der Waals surface area contributed by atoms with E-state index in [0.29, 0.717) is 24.4 Å². The second-order valence-electron chi connectivity index (χ2n) is 5.34. The van der Waals surface area contributed by atoms with Crippen molar-refractivity contribution in [1.82, 2.24) is 9.97 Å². The lowest BCUT2D eigenvalue weighted by Gasteiger charge is -2.13. The number of H-pyrrole nitrogens is 1. The van der Waals surface area contributed by atoms with Gasteiger partial charge < -0.3 is 14.8 Å². The van der Waals surface area contributed by atoms with Gasteiger partial charge in [-0.3, -0.25) is 9.59 Å². The van der Waals surface area contributed by atoms with Gasteiger partial charge in [0.15, 0.2) is 0 Å². The number of aromatic amines is 1. The molecule has 6 heteroatoms. The van der Waals surface area contributed by atoms with Crippen LogP contribution >= 0.6 is 0 Å². The maximum absolute atomic E-state index is 12.3. The molecule has 2 aromatic rings. The maximum atomic E-state index is 12.3. The molecular weight excluding hydrogens is 296 g/mol. The lowest BCUT2D eigenvalue weighted by atomic mass is 9.96. The Hall–Kier alpha value is -2.63. The number of nitrogens with zero attached hydrogens (tertiary/aromatic N) is 1. The summed E-state index contributed by atoms with van der Waals surface area (Å²) in [4.78, 5) is 30.6. The van der Waals surface area contributed by atoms with Gasteiger partial charge >= 0.3 is 5.97 Å². The van der Waals surface area contributed by atoms with Gasteiger partial charge in [-0.15, -0.1) is 0 Å². The van der Waals surface area contributed by atoms with Crippen molar-refractivity contribution in [2.45, 2.75) is 32.6 Å². The molecule has 1 atom stereocenters. The third kappa shape index (κ3) is 3.77. The first-order valence-corrected chi connectivity index (χ1v) is 7.41. The van der Waals surface area contributed by atoms with Crippen LogP contribution in [0.25, 0.3) is 0 Å².